The van der Waals surface area contributed by atoms with E-state index in [2.05, 4.69) is 16.0 Å². The van der Waals surface area contributed by atoms with Gasteiger partial charge in [-0.1, -0.05) is 20.8 Å². The fraction of sp³-hybridized carbons (Fsp3) is 0.565. The normalized spacial score (nSPS) is 13.1. The number of amides is 4. The van der Waals surface area contributed by atoms with Gasteiger partial charge in [-0.25, -0.2) is 9.59 Å². The van der Waals surface area contributed by atoms with Gasteiger partial charge in [0.2, 0.25) is 11.8 Å². The molecular formula is C23H36N4O5. The van der Waals surface area contributed by atoms with Gasteiger partial charge in [-0.3, -0.25) is 9.59 Å². The Morgan fingerprint density at radius 2 is 1.59 bits per heavy atom. The summed E-state index contributed by atoms with van der Waals surface area (Å²) in [6, 6.07) is 4.89. The number of hydrogen-bond acceptors (Lipinski definition) is 5. The lowest BCUT2D eigenvalue weighted by molar-refractivity contribution is -0.130. The first-order chi connectivity index (χ1) is 14.8. The van der Waals surface area contributed by atoms with Crippen molar-refractivity contribution in [2.45, 2.75) is 66.0 Å². The molecular weight excluding hydrogens is 412 g/mol. The summed E-state index contributed by atoms with van der Waals surface area (Å²) in [4.78, 5) is 48.3. The Kier molecular flexibility index (Phi) is 10.2. The van der Waals surface area contributed by atoms with Gasteiger partial charge in [-0.05, 0) is 63.8 Å². The van der Waals surface area contributed by atoms with Crippen LogP contribution in [0.5, 0.6) is 0 Å². The predicted molar refractivity (Wildman–Crippen MR) is 123 cm³/mol. The molecule has 0 unspecified atom stereocenters. The van der Waals surface area contributed by atoms with Gasteiger partial charge in [0.25, 0.3) is 0 Å². The molecule has 1 rings (SSSR count). The Bertz CT molecular complexity index is 800. The molecule has 0 aliphatic heterocycles. The highest BCUT2D eigenvalue weighted by atomic mass is 16.6. The maximum absolute atomic E-state index is 12.8. The highest BCUT2D eigenvalue weighted by Crippen LogP contribution is 2.16. The van der Waals surface area contributed by atoms with Crippen LogP contribution >= 0.6 is 0 Å². The van der Waals surface area contributed by atoms with E-state index in [1.165, 1.54) is 0 Å². The van der Waals surface area contributed by atoms with Gasteiger partial charge in [0.15, 0.2) is 0 Å². The number of primary amides is 1. The second kappa shape index (κ2) is 12.1. The molecule has 9 nitrogen and oxygen atoms in total. The average molecular weight is 449 g/mol. The summed E-state index contributed by atoms with van der Waals surface area (Å²) in [5.74, 6) is -1.20. The van der Waals surface area contributed by atoms with Crippen molar-refractivity contribution in [3.05, 3.63) is 29.8 Å². The van der Waals surface area contributed by atoms with Gasteiger partial charge in [0.1, 0.15) is 11.6 Å². The highest BCUT2D eigenvalue weighted by Gasteiger charge is 2.25. The van der Waals surface area contributed by atoms with Crippen LogP contribution in [0, 0.1) is 11.8 Å². The van der Waals surface area contributed by atoms with Crippen molar-refractivity contribution >= 4 is 29.5 Å². The second-order valence-electron chi connectivity index (χ2n) is 9.10. The maximum Gasteiger partial charge on any atom is 0.338 e. The first-order valence-electron chi connectivity index (χ1n) is 10.8. The fourth-order valence-corrected chi connectivity index (χ4v) is 2.65. The number of esters is 1. The number of hydrogen-bond donors (Lipinski definition) is 4. The molecule has 0 spiro atoms. The summed E-state index contributed by atoms with van der Waals surface area (Å²) in [6.07, 6.45) is 0.771. The SMILES string of the molecule is CC(C)[C@H](C)C(=O)N[C@@H](CCCNC(N)=O)C(=O)Nc1ccc(C(=O)OC(C)(C)C)cc1. The summed E-state index contributed by atoms with van der Waals surface area (Å²) in [6.45, 7) is 11.3. The van der Waals surface area contributed by atoms with E-state index >= 15 is 0 Å². The number of ether oxygens (including phenoxy) is 1. The number of anilines is 1. The smallest absolute Gasteiger partial charge is 0.338 e. The summed E-state index contributed by atoms with van der Waals surface area (Å²) >= 11 is 0. The van der Waals surface area contributed by atoms with Crippen molar-refractivity contribution in [1.29, 1.82) is 0 Å². The lowest BCUT2D eigenvalue weighted by Gasteiger charge is -2.22. The Hall–Kier alpha value is -3.10. The molecule has 1 aromatic carbocycles. The summed E-state index contributed by atoms with van der Waals surface area (Å²) in [7, 11) is 0. The molecule has 9 heteroatoms. The Labute approximate surface area is 189 Å². The van der Waals surface area contributed by atoms with E-state index in [1.54, 1.807) is 52.0 Å². The maximum atomic E-state index is 12.8. The van der Waals surface area contributed by atoms with E-state index in [1.807, 2.05) is 13.8 Å². The number of carbonyl (C=O) groups is 4. The molecule has 4 amide bonds. The zero-order valence-electron chi connectivity index (χ0n) is 19.8. The third kappa shape index (κ3) is 9.80. The van der Waals surface area contributed by atoms with Crippen molar-refractivity contribution in [3.8, 4) is 0 Å². The van der Waals surface area contributed by atoms with Gasteiger partial charge in [0.05, 0.1) is 5.56 Å². The standard InChI is InChI=1S/C23H36N4O5/c1-14(2)15(3)19(28)27-18(8-7-13-25-22(24)31)20(29)26-17-11-9-16(10-12-17)21(30)32-23(4,5)6/h9-12,14-15,18H,7-8,13H2,1-6H3,(H,26,29)(H,27,28)(H3,24,25,31)/t15-,18-/m0/s1. The number of benzene rings is 1. The van der Waals surface area contributed by atoms with Gasteiger partial charge < -0.3 is 26.4 Å². The molecule has 0 saturated heterocycles. The monoisotopic (exact) mass is 448 g/mol. The average Bonchev–Trinajstić information content (AvgIpc) is 2.68. The second-order valence-corrected chi connectivity index (χ2v) is 9.10. The summed E-state index contributed by atoms with van der Waals surface area (Å²) in [5.41, 5.74) is 5.30. The first kappa shape index (κ1) is 26.9. The summed E-state index contributed by atoms with van der Waals surface area (Å²) < 4.78 is 5.33. The lowest BCUT2D eigenvalue weighted by Crippen LogP contribution is -2.46. The van der Waals surface area contributed by atoms with E-state index in [0.29, 0.717) is 30.6 Å². The van der Waals surface area contributed by atoms with Crippen molar-refractivity contribution in [2.24, 2.45) is 17.6 Å². The third-order valence-electron chi connectivity index (χ3n) is 4.80. The molecule has 32 heavy (non-hydrogen) atoms. The van der Waals surface area contributed by atoms with Crippen LogP contribution in [0.15, 0.2) is 24.3 Å². The molecule has 0 aliphatic rings. The zero-order chi connectivity index (χ0) is 24.5. The molecule has 0 fully saturated rings. The van der Waals surface area contributed by atoms with Crippen LogP contribution in [-0.2, 0) is 14.3 Å². The number of rotatable bonds is 10. The van der Waals surface area contributed by atoms with E-state index in [4.69, 9.17) is 10.5 Å². The molecule has 5 N–H and O–H groups in total. The van der Waals surface area contributed by atoms with E-state index < -0.39 is 29.6 Å². The third-order valence-corrected chi connectivity index (χ3v) is 4.80. The minimum absolute atomic E-state index is 0.121. The Morgan fingerprint density at radius 1 is 1.00 bits per heavy atom. The minimum Gasteiger partial charge on any atom is -0.456 e. The topological polar surface area (TPSA) is 140 Å². The molecule has 0 heterocycles. The van der Waals surface area contributed by atoms with Crippen molar-refractivity contribution in [1.82, 2.24) is 10.6 Å². The number of nitrogens with two attached hydrogens (primary N) is 1. The van der Waals surface area contributed by atoms with Crippen LogP contribution in [0.1, 0.15) is 64.7 Å². The largest absolute Gasteiger partial charge is 0.456 e. The van der Waals surface area contributed by atoms with Crippen LogP contribution in [-0.4, -0.2) is 42.0 Å². The van der Waals surface area contributed by atoms with Crippen molar-refractivity contribution in [2.75, 3.05) is 11.9 Å². The van der Waals surface area contributed by atoms with Gasteiger partial charge in [-0.15, -0.1) is 0 Å². The van der Waals surface area contributed by atoms with Crippen LogP contribution in [0.2, 0.25) is 0 Å². The molecule has 0 bridgehead atoms. The quantitative estimate of drug-likeness (QED) is 0.322. The highest BCUT2D eigenvalue weighted by molar-refractivity contribution is 5.98. The van der Waals surface area contributed by atoms with Gasteiger partial charge in [0, 0.05) is 18.2 Å². The van der Waals surface area contributed by atoms with E-state index in [-0.39, 0.29) is 17.7 Å². The van der Waals surface area contributed by atoms with Gasteiger partial charge >= 0.3 is 12.0 Å². The van der Waals surface area contributed by atoms with Crippen molar-refractivity contribution < 1.29 is 23.9 Å². The minimum atomic E-state index is -0.788. The lowest BCUT2D eigenvalue weighted by atomic mass is 9.96. The molecule has 178 valence electrons. The number of urea groups is 1. The van der Waals surface area contributed by atoms with Crippen LogP contribution in [0.3, 0.4) is 0 Å². The Morgan fingerprint density at radius 3 is 2.09 bits per heavy atom. The Balaban J connectivity index is 2.83. The molecule has 1 aromatic rings. The van der Waals surface area contributed by atoms with Gasteiger partial charge in [-0.2, -0.15) is 0 Å². The number of nitrogens with one attached hydrogen (secondary N) is 3. The molecule has 0 aromatic heterocycles. The van der Waals surface area contributed by atoms with Crippen molar-refractivity contribution in [3.63, 3.8) is 0 Å². The van der Waals surface area contributed by atoms with Crippen LogP contribution in [0.4, 0.5) is 10.5 Å². The molecule has 0 saturated carbocycles. The molecule has 2 atom stereocenters. The van der Waals surface area contributed by atoms with E-state index in [9.17, 15) is 19.2 Å². The van der Waals surface area contributed by atoms with E-state index in [0.717, 1.165) is 0 Å². The van der Waals surface area contributed by atoms with Crippen LogP contribution < -0.4 is 21.7 Å². The summed E-state index contributed by atoms with van der Waals surface area (Å²) in [5, 5.41) is 8.02. The zero-order valence-corrected chi connectivity index (χ0v) is 19.8. The molecule has 0 aliphatic carbocycles. The molecule has 0 radical (unpaired) electrons. The van der Waals surface area contributed by atoms with Crippen LogP contribution in [0.25, 0.3) is 0 Å². The fourth-order valence-electron chi connectivity index (χ4n) is 2.65. The predicted octanol–water partition coefficient (Wildman–Crippen LogP) is 2.81. The number of carbonyl (C=O) groups excluding carboxylic acids is 4. The first-order valence-corrected chi connectivity index (χ1v) is 10.8.